The second-order valence-corrected chi connectivity index (χ2v) is 8.40. The number of carbonyl (C=O) groups is 1. The van der Waals surface area contributed by atoms with Gasteiger partial charge in [0.25, 0.3) is 11.5 Å². The number of benzene rings is 1. The number of aryl methyl sites for hydroxylation is 1. The summed E-state index contributed by atoms with van der Waals surface area (Å²) in [5.41, 5.74) is 2.24. The van der Waals surface area contributed by atoms with E-state index >= 15 is 0 Å². The summed E-state index contributed by atoms with van der Waals surface area (Å²) in [6.07, 6.45) is 4.54. The molecule has 4 heterocycles. The summed E-state index contributed by atoms with van der Waals surface area (Å²) in [5.74, 6) is 1.11. The van der Waals surface area contributed by atoms with Crippen molar-refractivity contribution in [3.63, 3.8) is 0 Å². The zero-order valence-electron chi connectivity index (χ0n) is 16.1. The normalized spacial score (nSPS) is 20.4. The Morgan fingerprint density at radius 2 is 2.03 bits per heavy atom. The minimum absolute atomic E-state index is 0.00103. The van der Waals surface area contributed by atoms with Crippen molar-refractivity contribution in [2.24, 2.45) is 13.0 Å². The second-order valence-electron chi connectivity index (χ2n) is 7.97. The van der Waals surface area contributed by atoms with Gasteiger partial charge in [-0.15, -0.1) is 0 Å². The van der Waals surface area contributed by atoms with E-state index in [2.05, 4.69) is 4.98 Å². The first-order chi connectivity index (χ1) is 14.0. The first-order valence-corrected chi connectivity index (χ1v) is 10.2. The number of piperidine rings is 1. The van der Waals surface area contributed by atoms with Crippen LogP contribution < -0.4 is 5.56 Å². The van der Waals surface area contributed by atoms with E-state index < -0.39 is 0 Å². The number of carbonyl (C=O) groups excluding carboxylic acids is 1. The van der Waals surface area contributed by atoms with Gasteiger partial charge in [-0.25, -0.2) is 4.98 Å². The van der Waals surface area contributed by atoms with Gasteiger partial charge in [0.2, 0.25) is 0 Å². The average Bonchev–Trinajstić information content (AvgIpc) is 3.14. The van der Waals surface area contributed by atoms with Crippen LogP contribution in [0.15, 0.2) is 53.6 Å². The van der Waals surface area contributed by atoms with Crippen molar-refractivity contribution in [3.8, 4) is 11.4 Å². The Hall–Kier alpha value is -2.86. The molecule has 0 aliphatic carbocycles. The lowest BCUT2D eigenvalue weighted by molar-refractivity contribution is 0.0594. The van der Waals surface area contributed by atoms with Crippen LogP contribution in [0.4, 0.5) is 0 Å². The van der Waals surface area contributed by atoms with Crippen molar-refractivity contribution in [3.05, 3.63) is 75.4 Å². The minimum atomic E-state index is 0.00103. The van der Waals surface area contributed by atoms with E-state index in [1.54, 1.807) is 30.5 Å². The highest BCUT2D eigenvalue weighted by molar-refractivity contribution is 6.30. The van der Waals surface area contributed by atoms with Crippen LogP contribution in [0, 0.1) is 5.92 Å². The van der Waals surface area contributed by atoms with Crippen LogP contribution in [0.3, 0.4) is 0 Å². The number of amides is 1. The molecule has 1 aromatic carbocycles. The molecule has 0 N–H and O–H groups in total. The third-order valence-electron chi connectivity index (χ3n) is 6.03. The molecule has 29 heavy (non-hydrogen) atoms. The number of aromatic nitrogens is 3. The van der Waals surface area contributed by atoms with Gasteiger partial charge in [0.1, 0.15) is 5.82 Å². The molecular formula is C22H21ClN4O2. The molecule has 0 saturated carbocycles. The second kappa shape index (κ2) is 6.88. The number of hydrogen-bond acceptors (Lipinski definition) is 3. The number of hydrogen-bond donors (Lipinski definition) is 0. The lowest BCUT2D eigenvalue weighted by Gasteiger charge is -2.43. The molecular weight excluding hydrogens is 388 g/mol. The number of likely N-dealkylation sites (tertiary alicyclic amines) is 1. The Morgan fingerprint density at radius 1 is 1.17 bits per heavy atom. The van der Waals surface area contributed by atoms with Gasteiger partial charge >= 0.3 is 0 Å². The van der Waals surface area contributed by atoms with Gasteiger partial charge in [0, 0.05) is 61.3 Å². The molecule has 1 saturated heterocycles. The third kappa shape index (κ3) is 3.08. The van der Waals surface area contributed by atoms with Gasteiger partial charge in [-0.3, -0.25) is 9.59 Å². The summed E-state index contributed by atoms with van der Waals surface area (Å²) in [5, 5.41) is 0.562. The summed E-state index contributed by atoms with van der Waals surface area (Å²) < 4.78 is 3.75. The van der Waals surface area contributed by atoms with Gasteiger partial charge in [-0.2, -0.15) is 0 Å². The summed E-state index contributed by atoms with van der Waals surface area (Å²) in [6, 6.07) is 11.0. The van der Waals surface area contributed by atoms with E-state index in [9.17, 15) is 9.59 Å². The van der Waals surface area contributed by atoms with Crippen molar-refractivity contribution in [1.29, 1.82) is 0 Å². The Bertz CT molecular complexity index is 1170. The summed E-state index contributed by atoms with van der Waals surface area (Å²) in [7, 11) is 1.89. The van der Waals surface area contributed by atoms with Crippen molar-refractivity contribution in [2.75, 3.05) is 13.1 Å². The Balaban J connectivity index is 1.47. The molecule has 5 rings (SSSR count). The number of imidazole rings is 1. The topological polar surface area (TPSA) is 60.1 Å². The molecule has 2 bridgehead atoms. The van der Waals surface area contributed by atoms with Crippen LogP contribution in [0.25, 0.3) is 11.4 Å². The van der Waals surface area contributed by atoms with Crippen molar-refractivity contribution in [1.82, 2.24) is 19.0 Å². The van der Waals surface area contributed by atoms with Crippen LogP contribution in [0.5, 0.6) is 0 Å². The van der Waals surface area contributed by atoms with E-state index in [0.717, 1.165) is 12.1 Å². The number of nitrogens with zero attached hydrogens (tertiary/aromatic N) is 4. The molecule has 0 radical (unpaired) electrons. The Labute approximate surface area is 173 Å². The SMILES string of the molecule is Cn1ccnc1-c1ccc2n(c1=O)C[C@H]1C[C@@H]2CN(C(=O)c2cccc(Cl)c2)C1. The van der Waals surface area contributed by atoms with Crippen LogP contribution in [0.1, 0.15) is 28.4 Å². The number of rotatable bonds is 2. The number of halogens is 1. The average molecular weight is 409 g/mol. The van der Waals surface area contributed by atoms with Crippen molar-refractivity contribution >= 4 is 17.5 Å². The predicted molar refractivity (Wildman–Crippen MR) is 111 cm³/mol. The number of pyridine rings is 1. The maximum atomic E-state index is 13.2. The highest BCUT2D eigenvalue weighted by Gasteiger charge is 2.37. The first-order valence-electron chi connectivity index (χ1n) is 9.77. The van der Waals surface area contributed by atoms with E-state index in [1.807, 2.05) is 39.4 Å². The van der Waals surface area contributed by atoms with E-state index in [0.29, 0.717) is 41.6 Å². The maximum absolute atomic E-state index is 13.2. The van der Waals surface area contributed by atoms with Crippen molar-refractivity contribution in [2.45, 2.75) is 18.9 Å². The predicted octanol–water partition coefficient (Wildman–Crippen LogP) is 3.16. The quantitative estimate of drug-likeness (QED) is 0.654. The van der Waals surface area contributed by atoms with Gasteiger partial charge in [-0.05, 0) is 42.7 Å². The van der Waals surface area contributed by atoms with Crippen LogP contribution in [-0.4, -0.2) is 38.0 Å². The highest BCUT2D eigenvalue weighted by Crippen LogP contribution is 2.36. The molecule has 2 aromatic heterocycles. The number of fused-ring (bicyclic) bond motifs is 4. The lowest BCUT2D eigenvalue weighted by atomic mass is 9.82. The Morgan fingerprint density at radius 3 is 2.79 bits per heavy atom. The van der Waals surface area contributed by atoms with Crippen LogP contribution >= 0.6 is 11.6 Å². The fourth-order valence-corrected chi connectivity index (χ4v) is 4.90. The molecule has 1 amide bonds. The third-order valence-corrected chi connectivity index (χ3v) is 6.26. The van der Waals surface area contributed by atoms with Gasteiger partial charge in [0.15, 0.2) is 0 Å². The standard InChI is InChI=1S/C22H21ClN4O2/c1-25-8-7-24-20(25)18-5-6-19-16-9-14(12-27(19)22(18)29)11-26(13-16)21(28)15-3-2-4-17(23)10-15/h2-8,10,14,16H,9,11-13H2,1H3/t14-,16+/m0/s1. The maximum Gasteiger partial charge on any atom is 0.261 e. The first kappa shape index (κ1) is 18.2. The van der Waals surface area contributed by atoms with E-state index in [-0.39, 0.29) is 23.3 Å². The smallest absolute Gasteiger partial charge is 0.261 e. The van der Waals surface area contributed by atoms with Gasteiger partial charge in [0.05, 0.1) is 5.56 Å². The molecule has 2 atom stereocenters. The Kier molecular flexibility index (Phi) is 4.32. The van der Waals surface area contributed by atoms with Gasteiger partial charge in [-0.1, -0.05) is 17.7 Å². The molecule has 7 heteroatoms. The molecule has 1 fully saturated rings. The minimum Gasteiger partial charge on any atom is -0.338 e. The lowest BCUT2D eigenvalue weighted by Crippen LogP contribution is -2.49. The largest absolute Gasteiger partial charge is 0.338 e. The molecule has 2 aliphatic heterocycles. The monoisotopic (exact) mass is 408 g/mol. The zero-order chi connectivity index (χ0) is 20.1. The fourth-order valence-electron chi connectivity index (χ4n) is 4.71. The molecule has 0 spiro atoms. The van der Waals surface area contributed by atoms with Crippen LogP contribution in [0.2, 0.25) is 5.02 Å². The van der Waals surface area contributed by atoms with Crippen molar-refractivity contribution < 1.29 is 4.79 Å². The van der Waals surface area contributed by atoms with Gasteiger partial charge < -0.3 is 14.0 Å². The molecule has 3 aromatic rings. The fraction of sp³-hybridized carbons (Fsp3) is 0.318. The molecule has 2 aliphatic rings. The highest BCUT2D eigenvalue weighted by atomic mass is 35.5. The summed E-state index contributed by atoms with van der Waals surface area (Å²) in [4.78, 5) is 32.4. The van der Waals surface area contributed by atoms with E-state index in [1.165, 1.54) is 0 Å². The van der Waals surface area contributed by atoms with E-state index in [4.69, 9.17) is 11.6 Å². The van der Waals surface area contributed by atoms with Crippen LogP contribution in [-0.2, 0) is 13.6 Å². The zero-order valence-corrected chi connectivity index (χ0v) is 16.8. The molecule has 6 nitrogen and oxygen atoms in total. The molecule has 148 valence electrons. The summed E-state index contributed by atoms with van der Waals surface area (Å²) in [6.45, 7) is 1.89. The summed E-state index contributed by atoms with van der Waals surface area (Å²) >= 11 is 6.06. The molecule has 0 unspecified atom stereocenters.